The minimum atomic E-state index is -9.20. The van der Waals surface area contributed by atoms with Crippen molar-refractivity contribution in [3.05, 3.63) is 0 Å². The number of alkyl halides is 21. The quantitative estimate of drug-likeness (QED) is 0.189. The van der Waals surface area contributed by atoms with Gasteiger partial charge in [-0.1, -0.05) is 0 Å². The maximum Gasteiger partial charge on any atom is 0.393 e. The maximum absolute atomic E-state index is 13.7. The van der Waals surface area contributed by atoms with E-state index in [4.69, 9.17) is 5.11 Å². The molecular weight excluding hydrogens is 642 g/mol. The van der Waals surface area contributed by atoms with Gasteiger partial charge in [-0.2, -0.15) is 87.8 Å². The van der Waals surface area contributed by atoms with Gasteiger partial charge in [-0.3, -0.25) is 4.79 Å². The molecule has 0 bridgehead atoms. The van der Waals surface area contributed by atoms with E-state index in [1.54, 1.807) is 0 Å². The number of amides is 1. The van der Waals surface area contributed by atoms with Gasteiger partial charge in [0.25, 0.3) is 5.91 Å². The number of carbonyl (C=O) groups is 1. The van der Waals surface area contributed by atoms with Crippen molar-refractivity contribution in [2.24, 2.45) is 0 Å². The Hall–Kier alpha value is -1.68. The lowest BCUT2D eigenvalue weighted by atomic mass is 9.86. The average Bonchev–Trinajstić information content (AvgIpc) is 2.71. The fraction of sp³-hybridized carbons (Fsp3) is 0.933. The summed E-state index contributed by atoms with van der Waals surface area (Å²) in [6.07, 6.45) is 0. The van der Waals surface area contributed by atoms with E-state index in [2.05, 4.69) is 11.6 Å². The molecule has 0 saturated heterocycles. The zero-order chi connectivity index (χ0) is 32.5. The fourth-order valence-corrected chi connectivity index (χ4v) is 2.24. The van der Waals surface area contributed by atoms with Crippen LogP contribution in [0.15, 0.2) is 0 Å². The molecule has 0 heterocycles. The first-order valence-electron chi connectivity index (χ1n) is 8.84. The Morgan fingerprint density at radius 2 is 0.769 bits per heavy atom. The molecule has 0 radical (unpaired) electrons. The lowest BCUT2D eigenvalue weighted by Crippen LogP contribution is -2.77. The van der Waals surface area contributed by atoms with Crippen LogP contribution in [0.5, 0.6) is 0 Å². The third-order valence-corrected chi connectivity index (χ3v) is 4.88. The number of nitrogens with one attached hydrogen (secondary N) is 1. The van der Waals surface area contributed by atoms with E-state index < -0.39 is 76.7 Å². The third kappa shape index (κ3) is 4.91. The number of aliphatic hydroxyl groups is 1. The van der Waals surface area contributed by atoms with Crippen molar-refractivity contribution in [1.29, 1.82) is 0 Å². The molecule has 0 saturated carbocycles. The minimum absolute atomic E-state index is 0.461. The van der Waals surface area contributed by atoms with Crippen molar-refractivity contribution in [2.45, 2.75) is 78.1 Å². The fourth-order valence-electron chi connectivity index (χ4n) is 2.13. The predicted octanol–water partition coefficient (Wildman–Crippen LogP) is 6.42. The zero-order valence-electron chi connectivity index (χ0n) is 18.0. The Labute approximate surface area is 206 Å². The summed E-state index contributed by atoms with van der Waals surface area (Å²) in [7, 11) is 0. The Morgan fingerprint density at radius 1 is 0.538 bits per heavy atom. The van der Waals surface area contributed by atoms with Gasteiger partial charge in [0.05, 0.1) is 12.1 Å². The summed E-state index contributed by atoms with van der Waals surface area (Å²) >= 11 is 3.30. The molecule has 0 atom stereocenters. The van der Waals surface area contributed by atoms with Crippen molar-refractivity contribution in [1.82, 2.24) is 5.32 Å². The van der Waals surface area contributed by atoms with E-state index in [0.29, 0.717) is 19.2 Å². The summed E-state index contributed by atoms with van der Waals surface area (Å²) < 4.78 is 268. The number of aliphatic hydroxyl groups excluding tert-OH is 1. The lowest BCUT2D eigenvalue weighted by molar-refractivity contribution is -0.464. The second-order valence-electron chi connectivity index (χ2n) is 8.16. The van der Waals surface area contributed by atoms with Gasteiger partial charge in [-0.15, -0.1) is 0 Å². The molecule has 3 nitrogen and oxygen atoms in total. The molecule has 0 unspecified atom stereocenters. The van der Waals surface area contributed by atoms with Gasteiger partial charge in [-0.05, 0) is 25.4 Å². The molecule has 0 aliphatic heterocycles. The van der Waals surface area contributed by atoms with Crippen LogP contribution in [0.25, 0.3) is 0 Å². The molecule has 0 aromatic carbocycles. The molecule has 2 N–H and O–H groups in total. The molecule has 0 rings (SSSR count). The highest BCUT2D eigenvalue weighted by Gasteiger charge is 2.98. The van der Waals surface area contributed by atoms with Crippen LogP contribution in [0, 0.1) is 0 Å². The van der Waals surface area contributed by atoms with Crippen molar-refractivity contribution >= 4 is 17.5 Å². The SMILES string of the molecule is CC(C)(CO)NC(=O)C(F)(F)C(F)(F)C(F)(F)C(F)(F)C(F)(F)C(F)(F)C(F)(F)C(F)(F)C(F)(F)C(F)(F)Cl. The summed E-state index contributed by atoms with van der Waals surface area (Å²) in [5.74, 6) is -81.6. The van der Waals surface area contributed by atoms with Crippen molar-refractivity contribution in [3.8, 4) is 0 Å². The van der Waals surface area contributed by atoms with E-state index in [9.17, 15) is 92.6 Å². The number of carbonyl (C=O) groups excluding carboxylic acids is 1. The van der Waals surface area contributed by atoms with Crippen LogP contribution in [-0.4, -0.2) is 81.8 Å². The molecule has 39 heavy (non-hydrogen) atoms. The standard InChI is InChI=1S/C15H10ClF20NO2/c1-5(2,3-38)37-4(39)6(17,18)7(19,20)8(21,22)9(23,24)10(25,26)11(27,28)12(29,30)13(31,32)14(33,34)15(16,35)36/h38H,3H2,1-2H3,(H,37,39). The van der Waals surface area contributed by atoms with Crippen LogP contribution in [0.2, 0.25) is 0 Å². The van der Waals surface area contributed by atoms with Crippen LogP contribution in [-0.2, 0) is 4.79 Å². The molecule has 0 fully saturated rings. The number of rotatable bonds is 12. The van der Waals surface area contributed by atoms with Gasteiger partial charge in [0.2, 0.25) is 0 Å². The highest BCUT2D eigenvalue weighted by atomic mass is 35.5. The second kappa shape index (κ2) is 9.43. The summed E-state index contributed by atoms with van der Waals surface area (Å²) in [5, 5.41) is 2.23. The summed E-state index contributed by atoms with van der Waals surface area (Å²) in [4.78, 5) is 11.2. The normalized spacial score (nSPS) is 16.4. The van der Waals surface area contributed by atoms with Gasteiger partial charge >= 0.3 is 58.7 Å². The van der Waals surface area contributed by atoms with Gasteiger partial charge in [0.1, 0.15) is 0 Å². The maximum atomic E-state index is 13.7. The second-order valence-corrected chi connectivity index (χ2v) is 8.64. The number of halogens is 21. The Bertz CT molecular complexity index is 925. The lowest BCUT2D eigenvalue weighted by Gasteiger charge is -2.44. The highest BCUT2D eigenvalue weighted by molar-refractivity contribution is 6.22. The molecule has 0 aromatic heterocycles. The van der Waals surface area contributed by atoms with E-state index in [0.717, 1.165) is 0 Å². The van der Waals surface area contributed by atoms with Crippen LogP contribution >= 0.6 is 11.6 Å². The summed E-state index contributed by atoms with van der Waals surface area (Å²) in [5.41, 5.74) is -2.51. The van der Waals surface area contributed by atoms with Crippen LogP contribution in [0.4, 0.5) is 87.8 Å². The van der Waals surface area contributed by atoms with Crippen molar-refractivity contribution in [2.75, 3.05) is 6.61 Å². The molecule has 0 aliphatic rings. The van der Waals surface area contributed by atoms with Crippen LogP contribution < -0.4 is 5.32 Å². The molecule has 0 spiro atoms. The molecule has 234 valence electrons. The summed E-state index contributed by atoms with van der Waals surface area (Å²) in [6.45, 7) is -0.585. The third-order valence-electron chi connectivity index (χ3n) is 4.64. The molecule has 0 aliphatic carbocycles. The van der Waals surface area contributed by atoms with Gasteiger partial charge < -0.3 is 10.4 Å². The summed E-state index contributed by atoms with van der Waals surface area (Å²) in [6, 6.07) is 0. The molecule has 1 amide bonds. The topological polar surface area (TPSA) is 49.3 Å². The van der Waals surface area contributed by atoms with E-state index in [-0.39, 0.29) is 0 Å². The predicted molar refractivity (Wildman–Crippen MR) is 84.6 cm³/mol. The van der Waals surface area contributed by atoms with Crippen molar-refractivity contribution in [3.63, 3.8) is 0 Å². The van der Waals surface area contributed by atoms with Crippen molar-refractivity contribution < 1.29 is 97.7 Å². The number of hydrogen-bond acceptors (Lipinski definition) is 2. The first-order valence-corrected chi connectivity index (χ1v) is 9.22. The Kier molecular flexibility index (Phi) is 9.02. The van der Waals surface area contributed by atoms with Crippen LogP contribution in [0.3, 0.4) is 0 Å². The average molecular weight is 652 g/mol. The van der Waals surface area contributed by atoms with E-state index >= 15 is 0 Å². The molecule has 24 heteroatoms. The molecule has 0 aromatic rings. The minimum Gasteiger partial charge on any atom is -0.394 e. The first kappa shape index (κ1) is 37.3. The Morgan fingerprint density at radius 3 is 1.00 bits per heavy atom. The monoisotopic (exact) mass is 651 g/mol. The Balaban J connectivity index is 7.08. The highest BCUT2D eigenvalue weighted by Crippen LogP contribution is 2.66. The zero-order valence-corrected chi connectivity index (χ0v) is 18.8. The van der Waals surface area contributed by atoms with Gasteiger partial charge in [0, 0.05) is 0 Å². The van der Waals surface area contributed by atoms with E-state index in [1.165, 1.54) is 0 Å². The van der Waals surface area contributed by atoms with Crippen LogP contribution in [0.1, 0.15) is 13.8 Å². The van der Waals surface area contributed by atoms with Gasteiger partial charge in [-0.25, -0.2) is 0 Å². The largest absolute Gasteiger partial charge is 0.394 e. The first-order chi connectivity index (χ1) is 16.4. The van der Waals surface area contributed by atoms with Gasteiger partial charge in [0.15, 0.2) is 0 Å². The smallest absolute Gasteiger partial charge is 0.393 e. The molecular formula is C15H10ClF20NO2. The number of hydrogen-bond donors (Lipinski definition) is 2. The van der Waals surface area contributed by atoms with E-state index in [1.807, 2.05) is 0 Å².